The van der Waals surface area contributed by atoms with Crippen LogP contribution in [-0.2, 0) is 10.0 Å². The van der Waals surface area contributed by atoms with E-state index in [0.717, 1.165) is 19.5 Å². The number of hydrogen-bond acceptors (Lipinski definition) is 3. The molecule has 2 unspecified atom stereocenters. The van der Waals surface area contributed by atoms with Crippen molar-refractivity contribution in [3.8, 4) is 0 Å². The highest BCUT2D eigenvalue weighted by molar-refractivity contribution is 7.89. The Hall–Kier alpha value is -0.980. The van der Waals surface area contributed by atoms with E-state index in [0.29, 0.717) is 24.9 Å². The Balaban J connectivity index is 1.82. The van der Waals surface area contributed by atoms with Crippen molar-refractivity contribution in [2.75, 3.05) is 26.2 Å². The van der Waals surface area contributed by atoms with Gasteiger partial charge in [0.1, 0.15) is 5.82 Å². The molecule has 2 atom stereocenters. The predicted octanol–water partition coefficient (Wildman–Crippen LogP) is 1.06. The van der Waals surface area contributed by atoms with Crippen LogP contribution in [0.25, 0.3) is 0 Å². The number of rotatable bonds is 2. The third-order valence-electron chi connectivity index (χ3n) is 4.12. The van der Waals surface area contributed by atoms with Gasteiger partial charge in [-0.25, -0.2) is 12.8 Å². The summed E-state index contributed by atoms with van der Waals surface area (Å²) in [5, 5.41) is 3.31. The van der Waals surface area contributed by atoms with Gasteiger partial charge in [-0.2, -0.15) is 4.31 Å². The monoisotopic (exact) mass is 284 g/mol. The molecule has 1 aromatic rings. The zero-order chi connectivity index (χ0) is 13.5. The number of nitrogens with zero attached hydrogens (tertiary/aromatic N) is 1. The van der Waals surface area contributed by atoms with Crippen LogP contribution in [0.2, 0.25) is 0 Å². The Morgan fingerprint density at radius 2 is 1.84 bits per heavy atom. The lowest BCUT2D eigenvalue weighted by Gasteiger charge is -2.33. The molecule has 0 aliphatic carbocycles. The summed E-state index contributed by atoms with van der Waals surface area (Å²) in [4.78, 5) is 0.179. The molecular formula is C13H17FN2O2S. The molecule has 0 amide bonds. The Labute approximate surface area is 112 Å². The average molecular weight is 284 g/mol. The number of piperidine rings is 1. The highest BCUT2D eigenvalue weighted by atomic mass is 32.2. The highest BCUT2D eigenvalue weighted by Crippen LogP contribution is 2.29. The summed E-state index contributed by atoms with van der Waals surface area (Å²) in [7, 11) is -3.48. The summed E-state index contributed by atoms with van der Waals surface area (Å²) in [6.45, 7) is 3.01. The lowest BCUT2D eigenvalue weighted by atomic mass is 9.90. The van der Waals surface area contributed by atoms with Crippen LogP contribution in [0, 0.1) is 17.7 Å². The molecule has 4 nitrogen and oxygen atoms in total. The number of halogens is 1. The maximum Gasteiger partial charge on any atom is 0.243 e. The second-order valence-electron chi connectivity index (χ2n) is 5.28. The topological polar surface area (TPSA) is 49.4 Å². The van der Waals surface area contributed by atoms with Gasteiger partial charge < -0.3 is 5.32 Å². The van der Waals surface area contributed by atoms with Gasteiger partial charge in [-0.3, -0.25) is 0 Å². The van der Waals surface area contributed by atoms with Gasteiger partial charge in [0.25, 0.3) is 0 Å². The summed E-state index contributed by atoms with van der Waals surface area (Å²) in [6.07, 6.45) is 0.901. The van der Waals surface area contributed by atoms with Gasteiger partial charge in [-0.1, -0.05) is 0 Å². The Morgan fingerprint density at radius 1 is 1.16 bits per heavy atom. The van der Waals surface area contributed by atoms with Crippen molar-refractivity contribution in [2.24, 2.45) is 11.8 Å². The summed E-state index contributed by atoms with van der Waals surface area (Å²) in [5.74, 6) is 0.585. The second-order valence-corrected chi connectivity index (χ2v) is 7.22. The zero-order valence-electron chi connectivity index (χ0n) is 10.5. The van der Waals surface area contributed by atoms with Crippen molar-refractivity contribution in [1.29, 1.82) is 0 Å². The van der Waals surface area contributed by atoms with E-state index in [9.17, 15) is 12.8 Å². The van der Waals surface area contributed by atoms with Crippen molar-refractivity contribution in [3.63, 3.8) is 0 Å². The van der Waals surface area contributed by atoms with E-state index < -0.39 is 15.8 Å². The van der Waals surface area contributed by atoms with Crippen molar-refractivity contribution < 1.29 is 12.8 Å². The van der Waals surface area contributed by atoms with Gasteiger partial charge in [-0.05, 0) is 55.6 Å². The van der Waals surface area contributed by atoms with Crippen molar-refractivity contribution >= 4 is 10.0 Å². The van der Waals surface area contributed by atoms with Crippen molar-refractivity contribution in [3.05, 3.63) is 30.1 Å². The number of sulfonamides is 1. The normalized spacial score (nSPS) is 28.3. The molecule has 3 rings (SSSR count). The highest BCUT2D eigenvalue weighted by Gasteiger charge is 2.37. The van der Waals surface area contributed by atoms with E-state index in [1.165, 1.54) is 28.6 Å². The Kier molecular flexibility index (Phi) is 3.32. The molecule has 2 fully saturated rings. The molecule has 104 valence electrons. The Morgan fingerprint density at radius 3 is 2.58 bits per heavy atom. The Bertz CT molecular complexity index is 559. The molecule has 2 saturated heterocycles. The van der Waals surface area contributed by atoms with Gasteiger partial charge in [0.05, 0.1) is 4.90 Å². The second kappa shape index (κ2) is 4.85. The van der Waals surface area contributed by atoms with Crippen LogP contribution in [0.5, 0.6) is 0 Å². The van der Waals surface area contributed by atoms with Gasteiger partial charge in [0, 0.05) is 13.1 Å². The van der Waals surface area contributed by atoms with Gasteiger partial charge in [0.15, 0.2) is 0 Å². The molecule has 2 aliphatic heterocycles. The van der Waals surface area contributed by atoms with E-state index in [1.54, 1.807) is 0 Å². The molecule has 0 aromatic heterocycles. The fraction of sp³-hybridized carbons (Fsp3) is 0.538. The number of fused-ring (bicyclic) bond motifs is 1. The number of benzene rings is 1. The first-order chi connectivity index (χ1) is 9.07. The maximum absolute atomic E-state index is 12.9. The van der Waals surface area contributed by atoms with E-state index in [1.807, 2.05) is 0 Å². The molecule has 2 aliphatic rings. The SMILES string of the molecule is O=S(=O)(c1ccc(F)cc1)N1CCC2CNCC2C1. The predicted molar refractivity (Wildman–Crippen MR) is 69.6 cm³/mol. The summed E-state index contributed by atoms with van der Waals surface area (Å²) in [5.41, 5.74) is 0. The van der Waals surface area contributed by atoms with Gasteiger partial charge in [0.2, 0.25) is 10.0 Å². The van der Waals surface area contributed by atoms with E-state index in [4.69, 9.17) is 0 Å². The largest absolute Gasteiger partial charge is 0.316 e. The van der Waals surface area contributed by atoms with Crippen molar-refractivity contribution in [1.82, 2.24) is 9.62 Å². The van der Waals surface area contributed by atoms with E-state index in [2.05, 4.69) is 5.32 Å². The van der Waals surface area contributed by atoms with Crippen LogP contribution >= 0.6 is 0 Å². The summed E-state index contributed by atoms with van der Waals surface area (Å²) in [6, 6.07) is 5.06. The smallest absolute Gasteiger partial charge is 0.243 e. The summed E-state index contributed by atoms with van der Waals surface area (Å²) < 4.78 is 39.4. The maximum atomic E-state index is 12.9. The molecule has 6 heteroatoms. The number of nitrogens with one attached hydrogen (secondary N) is 1. The molecule has 1 N–H and O–H groups in total. The molecule has 1 aromatic carbocycles. The lowest BCUT2D eigenvalue weighted by molar-refractivity contribution is 0.228. The van der Waals surface area contributed by atoms with Crippen LogP contribution in [0.15, 0.2) is 29.2 Å². The fourth-order valence-electron chi connectivity index (χ4n) is 2.98. The van der Waals surface area contributed by atoms with Crippen LogP contribution in [0.1, 0.15) is 6.42 Å². The third kappa shape index (κ3) is 2.40. The molecule has 0 radical (unpaired) electrons. The zero-order valence-corrected chi connectivity index (χ0v) is 11.4. The minimum atomic E-state index is -3.48. The fourth-order valence-corrected chi connectivity index (χ4v) is 4.49. The minimum absolute atomic E-state index is 0.179. The van der Waals surface area contributed by atoms with Gasteiger partial charge in [-0.15, -0.1) is 0 Å². The van der Waals surface area contributed by atoms with Crippen LogP contribution < -0.4 is 5.32 Å². The lowest BCUT2D eigenvalue weighted by Crippen LogP contribution is -2.43. The van der Waals surface area contributed by atoms with E-state index >= 15 is 0 Å². The first kappa shape index (κ1) is 13.0. The van der Waals surface area contributed by atoms with Crippen LogP contribution in [-0.4, -0.2) is 38.9 Å². The van der Waals surface area contributed by atoms with E-state index in [-0.39, 0.29) is 4.90 Å². The molecule has 0 spiro atoms. The first-order valence-electron chi connectivity index (χ1n) is 6.54. The first-order valence-corrected chi connectivity index (χ1v) is 7.98. The van der Waals surface area contributed by atoms with Crippen LogP contribution in [0.3, 0.4) is 0 Å². The van der Waals surface area contributed by atoms with Crippen LogP contribution in [0.4, 0.5) is 4.39 Å². The quantitative estimate of drug-likeness (QED) is 0.883. The van der Waals surface area contributed by atoms with Gasteiger partial charge >= 0.3 is 0 Å². The van der Waals surface area contributed by atoms with Crippen molar-refractivity contribution in [2.45, 2.75) is 11.3 Å². The molecule has 0 bridgehead atoms. The third-order valence-corrected chi connectivity index (χ3v) is 6.00. The molecule has 0 saturated carbocycles. The number of hydrogen-bond donors (Lipinski definition) is 1. The molecular weight excluding hydrogens is 267 g/mol. The average Bonchev–Trinajstić information content (AvgIpc) is 2.86. The summed E-state index contributed by atoms with van der Waals surface area (Å²) >= 11 is 0. The minimum Gasteiger partial charge on any atom is -0.316 e. The standard InChI is InChI=1S/C13H17FN2O2S/c14-12-1-3-13(4-2-12)19(17,18)16-6-5-10-7-15-8-11(10)9-16/h1-4,10-11,15H,5-9H2. The molecule has 19 heavy (non-hydrogen) atoms. The molecule has 2 heterocycles.